The van der Waals surface area contributed by atoms with E-state index in [1.54, 1.807) is 10.9 Å². The molecule has 0 atom stereocenters. The molecule has 17 heavy (non-hydrogen) atoms. The summed E-state index contributed by atoms with van der Waals surface area (Å²) in [6, 6.07) is 7.49. The molecule has 2 aromatic rings. The summed E-state index contributed by atoms with van der Waals surface area (Å²) in [4.78, 5) is 0. The number of anilines is 1. The molecule has 2 rings (SSSR count). The molecule has 90 valence electrons. The van der Waals surface area contributed by atoms with E-state index in [2.05, 4.69) is 15.6 Å². The monoisotopic (exact) mass is 252 g/mol. The van der Waals surface area contributed by atoms with E-state index >= 15 is 0 Å². The molecule has 0 saturated carbocycles. The van der Waals surface area contributed by atoms with Gasteiger partial charge in [-0.25, -0.2) is 4.68 Å². The number of aliphatic hydroxyl groups is 1. The van der Waals surface area contributed by atoms with Crippen molar-refractivity contribution in [1.82, 2.24) is 15.0 Å². The van der Waals surface area contributed by atoms with Gasteiger partial charge in [0.25, 0.3) is 0 Å². The van der Waals surface area contributed by atoms with Gasteiger partial charge in [-0.2, -0.15) is 0 Å². The molecule has 1 aromatic carbocycles. The molecular weight excluding hydrogens is 240 g/mol. The Labute approximate surface area is 104 Å². The van der Waals surface area contributed by atoms with E-state index in [-0.39, 0.29) is 6.61 Å². The third-order valence-corrected chi connectivity index (χ3v) is 2.45. The molecule has 0 aliphatic rings. The largest absolute Gasteiger partial charge is 0.394 e. The number of nitrogens with one attached hydrogen (secondary N) is 1. The first-order valence-electron chi connectivity index (χ1n) is 5.27. The molecule has 1 aromatic heterocycles. The van der Waals surface area contributed by atoms with Crippen LogP contribution in [-0.4, -0.2) is 26.7 Å². The van der Waals surface area contributed by atoms with Crippen LogP contribution in [0.5, 0.6) is 0 Å². The van der Waals surface area contributed by atoms with Crippen LogP contribution in [0.25, 0.3) is 0 Å². The Hall–Kier alpha value is -1.59. The molecule has 0 spiro atoms. The van der Waals surface area contributed by atoms with Gasteiger partial charge in [-0.1, -0.05) is 22.9 Å². The highest BCUT2D eigenvalue weighted by atomic mass is 35.5. The Balaban J connectivity index is 1.93. The minimum absolute atomic E-state index is 0.0600. The molecule has 0 aliphatic carbocycles. The van der Waals surface area contributed by atoms with Crippen molar-refractivity contribution < 1.29 is 5.11 Å². The summed E-state index contributed by atoms with van der Waals surface area (Å²) in [5.41, 5.74) is 1.76. The number of benzene rings is 1. The smallest absolute Gasteiger partial charge is 0.102 e. The number of aromatic nitrogens is 3. The second-order valence-corrected chi connectivity index (χ2v) is 4.00. The lowest BCUT2D eigenvalue weighted by Crippen LogP contribution is -2.02. The number of hydrogen-bond donors (Lipinski definition) is 2. The minimum atomic E-state index is 0.0600. The van der Waals surface area contributed by atoms with Gasteiger partial charge in [-0.05, 0) is 18.2 Å². The van der Waals surface area contributed by atoms with Gasteiger partial charge in [0, 0.05) is 10.7 Å². The molecule has 2 N–H and O–H groups in total. The first-order valence-corrected chi connectivity index (χ1v) is 5.65. The van der Waals surface area contributed by atoms with Crippen LogP contribution in [0.2, 0.25) is 5.02 Å². The maximum Gasteiger partial charge on any atom is 0.102 e. The van der Waals surface area contributed by atoms with Gasteiger partial charge in [0.1, 0.15) is 5.69 Å². The molecule has 0 amide bonds. The summed E-state index contributed by atoms with van der Waals surface area (Å²) in [5.74, 6) is 0. The Kier molecular flexibility index (Phi) is 3.95. The fourth-order valence-electron chi connectivity index (χ4n) is 1.42. The molecule has 0 saturated heterocycles. The predicted octanol–water partition coefficient (Wildman–Crippen LogP) is 1.54. The third-order valence-electron chi connectivity index (χ3n) is 2.21. The highest BCUT2D eigenvalue weighted by molar-refractivity contribution is 6.30. The van der Waals surface area contributed by atoms with Crippen LogP contribution < -0.4 is 5.32 Å². The van der Waals surface area contributed by atoms with Gasteiger partial charge in [-0.3, -0.25) is 0 Å². The summed E-state index contributed by atoms with van der Waals surface area (Å²) in [6.07, 6.45) is 1.80. The Morgan fingerprint density at radius 2 is 2.29 bits per heavy atom. The van der Waals surface area contributed by atoms with Gasteiger partial charge in [-0.15, -0.1) is 5.10 Å². The topological polar surface area (TPSA) is 63.0 Å². The molecular formula is C11H13ClN4O. The normalized spacial score (nSPS) is 10.5. The van der Waals surface area contributed by atoms with Gasteiger partial charge in [0.05, 0.1) is 25.9 Å². The van der Waals surface area contributed by atoms with Crippen molar-refractivity contribution >= 4 is 17.3 Å². The maximum absolute atomic E-state index is 8.75. The number of halogens is 1. The summed E-state index contributed by atoms with van der Waals surface area (Å²) in [6.45, 7) is 1.10. The van der Waals surface area contributed by atoms with E-state index in [1.807, 2.05) is 24.3 Å². The summed E-state index contributed by atoms with van der Waals surface area (Å²) in [7, 11) is 0. The van der Waals surface area contributed by atoms with E-state index < -0.39 is 0 Å². The van der Waals surface area contributed by atoms with Crippen LogP contribution in [-0.2, 0) is 13.1 Å². The number of nitrogens with zero attached hydrogens (tertiary/aromatic N) is 3. The van der Waals surface area contributed by atoms with Crippen LogP contribution in [0, 0.1) is 0 Å². The van der Waals surface area contributed by atoms with Crippen molar-refractivity contribution in [2.45, 2.75) is 13.1 Å². The summed E-state index contributed by atoms with van der Waals surface area (Å²) in [5, 5.41) is 20.5. The SMILES string of the molecule is OCCn1cc(CNc2cccc(Cl)c2)nn1. The zero-order valence-corrected chi connectivity index (χ0v) is 9.93. The standard InChI is InChI=1S/C11H13ClN4O/c12-9-2-1-3-10(6-9)13-7-11-8-16(4-5-17)15-14-11/h1-3,6,8,13,17H,4-5,7H2. The zero-order chi connectivity index (χ0) is 12.1. The van der Waals surface area contributed by atoms with Crippen molar-refractivity contribution in [1.29, 1.82) is 0 Å². The van der Waals surface area contributed by atoms with Crippen LogP contribution in [0.1, 0.15) is 5.69 Å². The summed E-state index contributed by atoms with van der Waals surface area (Å²) >= 11 is 5.87. The molecule has 5 nitrogen and oxygen atoms in total. The molecule has 0 fully saturated rings. The highest BCUT2D eigenvalue weighted by Crippen LogP contribution is 2.15. The highest BCUT2D eigenvalue weighted by Gasteiger charge is 2.00. The Bertz CT molecular complexity index is 486. The Morgan fingerprint density at radius 1 is 1.41 bits per heavy atom. The van der Waals surface area contributed by atoms with Crippen molar-refractivity contribution in [3.05, 3.63) is 41.2 Å². The van der Waals surface area contributed by atoms with Gasteiger partial charge in [0.2, 0.25) is 0 Å². The van der Waals surface area contributed by atoms with Gasteiger partial charge >= 0.3 is 0 Å². The molecule has 6 heteroatoms. The molecule has 0 aliphatic heterocycles. The van der Waals surface area contributed by atoms with E-state index in [0.29, 0.717) is 18.1 Å². The average Bonchev–Trinajstić information content (AvgIpc) is 2.75. The van der Waals surface area contributed by atoms with E-state index in [4.69, 9.17) is 16.7 Å². The molecule has 0 radical (unpaired) electrons. The quantitative estimate of drug-likeness (QED) is 0.847. The lowest BCUT2D eigenvalue weighted by molar-refractivity contribution is 0.268. The molecule has 1 heterocycles. The predicted molar refractivity (Wildman–Crippen MR) is 65.9 cm³/mol. The number of aliphatic hydroxyl groups excluding tert-OH is 1. The van der Waals surface area contributed by atoms with Crippen LogP contribution in [0.4, 0.5) is 5.69 Å². The van der Waals surface area contributed by atoms with Crippen LogP contribution >= 0.6 is 11.6 Å². The second kappa shape index (κ2) is 5.65. The Morgan fingerprint density at radius 3 is 3.06 bits per heavy atom. The summed E-state index contributed by atoms with van der Waals surface area (Å²) < 4.78 is 1.61. The fraction of sp³-hybridized carbons (Fsp3) is 0.273. The molecule has 0 unspecified atom stereocenters. The number of hydrogen-bond acceptors (Lipinski definition) is 4. The van der Waals surface area contributed by atoms with Crippen molar-refractivity contribution in [3.8, 4) is 0 Å². The van der Waals surface area contributed by atoms with Crippen molar-refractivity contribution in [3.63, 3.8) is 0 Å². The first-order chi connectivity index (χ1) is 8.28. The van der Waals surface area contributed by atoms with Crippen LogP contribution in [0.15, 0.2) is 30.5 Å². The van der Waals surface area contributed by atoms with E-state index in [0.717, 1.165) is 11.4 Å². The van der Waals surface area contributed by atoms with E-state index in [1.165, 1.54) is 0 Å². The van der Waals surface area contributed by atoms with Crippen molar-refractivity contribution in [2.75, 3.05) is 11.9 Å². The zero-order valence-electron chi connectivity index (χ0n) is 9.17. The second-order valence-electron chi connectivity index (χ2n) is 3.56. The molecule has 0 bridgehead atoms. The minimum Gasteiger partial charge on any atom is -0.394 e. The van der Waals surface area contributed by atoms with Crippen LogP contribution in [0.3, 0.4) is 0 Å². The van der Waals surface area contributed by atoms with Gasteiger partial charge < -0.3 is 10.4 Å². The lowest BCUT2D eigenvalue weighted by Gasteiger charge is -2.03. The van der Waals surface area contributed by atoms with Crippen molar-refractivity contribution in [2.24, 2.45) is 0 Å². The van der Waals surface area contributed by atoms with E-state index in [9.17, 15) is 0 Å². The third kappa shape index (κ3) is 3.44. The first kappa shape index (κ1) is 11.9. The maximum atomic E-state index is 8.75. The number of rotatable bonds is 5. The lowest BCUT2D eigenvalue weighted by atomic mass is 10.3. The van der Waals surface area contributed by atoms with Gasteiger partial charge in [0.15, 0.2) is 0 Å². The average molecular weight is 253 g/mol. The fourth-order valence-corrected chi connectivity index (χ4v) is 1.61.